The monoisotopic (exact) mass is 438 g/mol. The first-order chi connectivity index (χ1) is 14.9. The lowest BCUT2D eigenvalue weighted by atomic mass is 9.98. The third kappa shape index (κ3) is 4.35. The normalized spacial score (nSPS) is 29.7. The van der Waals surface area contributed by atoms with E-state index < -0.39 is 42.9 Å². The van der Waals surface area contributed by atoms with Gasteiger partial charge in [0.05, 0.1) is 18.1 Å². The first kappa shape index (κ1) is 21.8. The molecule has 31 heavy (non-hydrogen) atoms. The van der Waals surface area contributed by atoms with Gasteiger partial charge in [-0.1, -0.05) is 6.42 Å². The summed E-state index contributed by atoms with van der Waals surface area (Å²) in [6.45, 7) is -0.588. The van der Waals surface area contributed by atoms with Gasteiger partial charge < -0.3 is 44.2 Å². The second kappa shape index (κ2) is 9.01. The molecule has 1 aromatic carbocycles. The van der Waals surface area contributed by atoms with Gasteiger partial charge in [-0.3, -0.25) is 0 Å². The van der Waals surface area contributed by atoms with Crippen LogP contribution in [0.3, 0.4) is 0 Å². The molecule has 1 saturated heterocycles. The van der Waals surface area contributed by atoms with Crippen LogP contribution in [0.25, 0.3) is 11.0 Å². The zero-order valence-corrected chi connectivity index (χ0v) is 16.7. The molecule has 0 radical (unpaired) electrons. The number of rotatable bonds is 5. The number of hydrogen-bond donors (Lipinski definition) is 5. The lowest BCUT2D eigenvalue weighted by Gasteiger charge is -2.39. The van der Waals surface area contributed by atoms with Gasteiger partial charge in [-0.25, -0.2) is 4.79 Å². The van der Waals surface area contributed by atoms with Crippen LogP contribution in [0.2, 0.25) is 0 Å². The Morgan fingerprint density at radius 1 is 1.00 bits per heavy atom. The van der Waals surface area contributed by atoms with E-state index in [0.29, 0.717) is 0 Å². The van der Waals surface area contributed by atoms with E-state index in [1.54, 1.807) is 0 Å². The lowest BCUT2D eigenvalue weighted by molar-refractivity contribution is -0.277. The van der Waals surface area contributed by atoms with Crippen molar-refractivity contribution in [1.29, 1.82) is 0 Å². The number of benzene rings is 1. The van der Waals surface area contributed by atoms with E-state index >= 15 is 0 Å². The maximum absolute atomic E-state index is 12.4. The van der Waals surface area contributed by atoms with Crippen LogP contribution < -0.4 is 15.1 Å². The summed E-state index contributed by atoms with van der Waals surface area (Å²) in [6.07, 6.45) is -2.58. The first-order valence-electron chi connectivity index (χ1n) is 10.3. The molecule has 0 unspecified atom stereocenters. The molecule has 5 N–H and O–H groups in total. The highest BCUT2D eigenvalue weighted by Crippen LogP contribution is 2.35. The van der Waals surface area contributed by atoms with Crippen molar-refractivity contribution >= 4 is 11.0 Å². The number of fused-ring (bicyclic) bond motifs is 1. The lowest BCUT2D eigenvalue weighted by Crippen LogP contribution is -2.60. The van der Waals surface area contributed by atoms with E-state index in [-0.39, 0.29) is 34.3 Å². The van der Waals surface area contributed by atoms with Gasteiger partial charge in [0.25, 0.3) is 0 Å². The molecule has 1 saturated carbocycles. The Balaban J connectivity index is 1.57. The highest BCUT2D eigenvalue weighted by atomic mass is 16.7. The summed E-state index contributed by atoms with van der Waals surface area (Å²) in [4.78, 5) is 12.4. The molecule has 4 rings (SSSR count). The van der Waals surface area contributed by atoms with Gasteiger partial charge >= 0.3 is 5.63 Å². The third-order valence-corrected chi connectivity index (χ3v) is 5.75. The smallest absolute Gasteiger partial charge is 0.383 e. The fraction of sp³-hybridized carbons (Fsp3) is 0.571. The number of hydrogen-bond acceptors (Lipinski definition) is 10. The van der Waals surface area contributed by atoms with E-state index in [1.807, 2.05) is 0 Å². The molecule has 2 aromatic rings. The van der Waals surface area contributed by atoms with Crippen molar-refractivity contribution in [3.05, 3.63) is 28.6 Å². The second-order valence-corrected chi connectivity index (χ2v) is 7.92. The molecule has 0 spiro atoms. The van der Waals surface area contributed by atoms with Crippen LogP contribution in [-0.2, 0) is 4.74 Å². The Bertz CT molecular complexity index is 965. The summed E-state index contributed by atoms with van der Waals surface area (Å²) >= 11 is 0. The molecule has 1 aliphatic heterocycles. The molecule has 10 nitrogen and oxygen atoms in total. The molecular formula is C21H26O10. The molecule has 2 fully saturated rings. The summed E-state index contributed by atoms with van der Waals surface area (Å²) in [5.41, 5.74) is -0.791. The molecule has 1 aromatic heterocycles. The Kier molecular flexibility index (Phi) is 6.35. The molecule has 0 bridgehead atoms. The van der Waals surface area contributed by atoms with E-state index in [4.69, 9.17) is 18.6 Å². The molecule has 10 heteroatoms. The minimum atomic E-state index is -1.59. The van der Waals surface area contributed by atoms with E-state index in [0.717, 1.165) is 32.1 Å². The molecular weight excluding hydrogens is 412 g/mol. The predicted molar refractivity (Wildman–Crippen MR) is 106 cm³/mol. The Morgan fingerprint density at radius 2 is 1.74 bits per heavy atom. The largest absolute Gasteiger partial charge is 0.504 e. The Labute approximate surface area is 177 Å². The maximum Gasteiger partial charge on any atom is 0.383 e. The van der Waals surface area contributed by atoms with Crippen molar-refractivity contribution in [1.82, 2.24) is 0 Å². The maximum atomic E-state index is 12.4. The second-order valence-electron chi connectivity index (χ2n) is 7.92. The third-order valence-electron chi connectivity index (χ3n) is 5.75. The van der Waals surface area contributed by atoms with Crippen LogP contribution in [0.4, 0.5) is 0 Å². The van der Waals surface area contributed by atoms with Crippen molar-refractivity contribution in [2.75, 3.05) is 6.61 Å². The molecule has 1 aliphatic carbocycles. The van der Waals surface area contributed by atoms with Crippen molar-refractivity contribution in [3.8, 4) is 17.2 Å². The van der Waals surface area contributed by atoms with Gasteiger partial charge in [-0.2, -0.15) is 0 Å². The SMILES string of the molecule is O=c1oc2cc(O[C@@H]3O[C@H](CO)[C@@H](O)[C@H](O)[C@H]3O)ccc2c(O)c1OC1CCCCC1. The van der Waals surface area contributed by atoms with Gasteiger partial charge in [-0.05, 0) is 37.8 Å². The summed E-state index contributed by atoms with van der Waals surface area (Å²) in [5.74, 6) is -0.432. The van der Waals surface area contributed by atoms with Crippen LogP contribution in [0.1, 0.15) is 32.1 Å². The van der Waals surface area contributed by atoms with Crippen LogP contribution in [0.5, 0.6) is 17.2 Å². The number of aliphatic hydroxyl groups excluding tert-OH is 4. The summed E-state index contributed by atoms with van der Waals surface area (Å²) in [6, 6.07) is 4.23. The fourth-order valence-corrected chi connectivity index (χ4v) is 3.97. The number of ether oxygens (including phenoxy) is 3. The van der Waals surface area contributed by atoms with Gasteiger partial charge in [0.2, 0.25) is 12.0 Å². The van der Waals surface area contributed by atoms with Gasteiger partial charge in [0.1, 0.15) is 35.7 Å². The summed E-state index contributed by atoms with van der Waals surface area (Å²) in [5, 5.41) is 49.9. The molecule has 170 valence electrons. The van der Waals surface area contributed by atoms with Crippen molar-refractivity contribution in [2.24, 2.45) is 0 Å². The van der Waals surface area contributed by atoms with Crippen LogP contribution in [-0.4, -0.2) is 68.9 Å². The van der Waals surface area contributed by atoms with E-state index in [9.17, 15) is 30.3 Å². The number of aliphatic hydroxyl groups is 4. The van der Waals surface area contributed by atoms with Gasteiger partial charge in [-0.15, -0.1) is 0 Å². The molecule has 0 amide bonds. The van der Waals surface area contributed by atoms with Crippen LogP contribution in [0.15, 0.2) is 27.4 Å². The molecule has 2 heterocycles. The van der Waals surface area contributed by atoms with Crippen LogP contribution in [0, 0.1) is 0 Å². The van der Waals surface area contributed by atoms with Gasteiger partial charge in [0.15, 0.2) is 5.75 Å². The topological polar surface area (TPSA) is 159 Å². The zero-order valence-electron chi connectivity index (χ0n) is 16.7. The average Bonchev–Trinajstić information content (AvgIpc) is 2.77. The zero-order chi connectivity index (χ0) is 22.1. The van der Waals surface area contributed by atoms with Crippen molar-refractivity contribution < 1.29 is 44.2 Å². The molecule has 2 aliphatic rings. The Hall–Kier alpha value is -2.37. The summed E-state index contributed by atoms with van der Waals surface area (Å²) in [7, 11) is 0. The van der Waals surface area contributed by atoms with Gasteiger partial charge in [0, 0.05) is 6.07 Å². The minimum Gasteiger partial charge on any atom is -0.504 e. The highest BCUT2D eigenvalue weighted by Gasteiger charge is 2.44. The fourth-order valence-electron chi connectivity index (χ4n) is 3.97. The Morgan fingerprint density at radius 3 is 2.45 bits per heavy atom. The number of aromatic hydroxyl groups is 1. The predicted octanol–water partition coefficient (Wildman–Crippen LogP) is 0.389. The van der Waals surface area contributed by atoms with Crippen molar-refractivity contribution in [3.63, 3.8) is 0 Å². The van der Waals surface area contributed by atoms with Crippen molar-refractivity contribution in [2.45, 2.75) is 68.9 Å². The quantitative estimate of drug-likeness (QED) is 0.413. The molecule has 5 atom stereocenters. The average molecular weight is 438 g/mol. The van der Waals surface area contributed by atoms with Crippen LogP contribution >= 0.6 is 0 Å². The minimum absolute atomic E-state index is 0.0283. The van der Waals surface area contributed by atoms with E-state index in [1.165, 1.54) is 18.2 Å². The first-order valence-corrected chi connectivity index (χ1v) is 10.3. The standard InChI is InChI=1S/C21H26O10/c22-9-14-16(24)17(25)18(26)21(31-14)29-11-6-7-12-13(8-11)30-20(27)19(15(12)23)28-10-4-2-1-3-5-10/h6-8,10,14,16-18,21-26H,1-5,9H2/t14-,16-,17+,18-,21-/m1/s1. The van der Waals surface area contributed by atoms with E-state index in [2.05, 4.69) is 0 Å². The highest BCUT2D eigenvalue weighted by molar-refractivity contribution is 5.86. The summed E-state index contributed by atoms with van der Waals surface area (Å²) < 4.78 is 21.9.